The standard InChI is InChI=1S/C14H11BrN2O/c1-10-3-2-4-14(17-10)18-12-5-6-13(15)11(9-12)7-8-16/h2-6,9H,7H2,1H3. The lowest BCUT2D eigenvalue weighted by Crippen LogP contribution is -1.91. The van der Waals surface area contributed by atoms with E-state index in [1.807, 2.05) is 37.3 Å². The van der Waals surface area contributed by atoms with E-state index in [0.29, 0.717) is 18.1 Å². The maximum Gasteiger partial charge on any atom is 0.219 e. The Morgan fingerprint density at radius 1 is 1.33 bits per heavy atom. The Labute approximate surface area is 114 Å². The van der Waals surface area contributed by atoms with Crippen LogP contribution in [0.15, 0.2) is 40.9 Å². The Morgan fingerprint density at radius 3 is 2.89 bits per heavy atom. The second-order valence-corrected chi connectivity index (χ2v) is 4.66. The number of benzene rings is 1. The van der Waals surface area contributed by atoms with Crippen LogP contribution in [-0.4, -0.2) is 4.98 Å². The van der Waals surface area contributed by atoms with Gasteiger partial charge in [0, 0.05) is 16.2 Å². The van der Waals surface area contributed by atoms with Crippen molar-refractivity contribution in [1.29, 1.82) is 5.26 Å². The molecule has 4 heteroatoms. The predicted octanol–water partition coefficient (Wildman–Crippen LogP) is 4.01. The fraction of sp³-hybridized carbons (Fsp3) is 0.143. The van der Waals surface area contributed by atoms with E-state index in [-0.39, 0.29) is 0 Å². The lowest BCUT2D eigenvalue weighted by atomic mass is 10.1. The molecule has 2 rings (SSSR count). The van der Waals surface area contributed by atoms with Crippen LogP contribution in [-0.2, 0) is 6.42 Å². The SMILES string of the molecule is Cc1cccc(Oc2ccc(Br)c(CC#N)c2)n1. The van der Waals surface area contributed by atoms with Crippen molar-refractivity contribution in [3.05, 3.63) is 52.1 Å². The Hall–Kier alpha value is -1.86. The molecular formula is C14H11BrN2O. The first-order valence-corrected chi connectivity index (χ1v) is 6.25. The maximum atomic E-state index is 8.74. The van der Waals surface area contributed by atoms with E-state index in [4.69, 9.17) is 10.00 Å². The fourth-order valence-electron chi connectivity index (χ4n) is 1.53. The van der Waals surface area contributed by atoms with Crippen LogP contribution in [0.5, 0.6) is 11.6 Å². The van der Waals surface area contributed by atoms with Gasteiger partial charge in [-0.1, -0.05) is 22.0 Å². The number of rotatable bonds is 3. The van der Waals surface area contributed by atoms with Crippen LogP contribution >= 0.6 is 15.9 Å². The van der Waals surface area contributed by atoms with Gasteiger partial charge in [-0.2, -0.15) is 5.26 Å². The third-order valence-corrected chi connectivity index (χ3v) is 3.15. The van der Waals surface area contributed by atoms with Gasteiger partial charge in [-0.05, 0) is 36.8 Å². The van der Waals surface area contributed by atoms with Crippen molar-refractivity contribution in [3.8, 4) is 17.7 Å². The molecule has 90 valence electrons. The minimum absolute atomic E-state index is 0.346. The molecule has 0 saturated carbocycles. The van der Waals surface area contributed by atoms with Crippen LogP contribution < -0.4 is 4.74 Å². The number of halogens is 1. The Balaban J connectivity index is 2.24. The zero-order chi connectivity index (χ0) is 13.0. The van der Waals surface area contributed by atoms with Gasteiger partial charge in [-0.3, -0.25) is 0 Å². The van der Waals surface area contributed by atoms with E-state index in [0.717, 1.165) is 15.7 Å². The molecule has 3 nitrogen and oxygen atoms in total. The molecule has 0 aliphatic carbocycles. The van der Waals surface area contributed by atoms with Crippen molar-refractivity contribution < 1.29 is 4.74 Å². The van der Waals surface area contributed by atoms with E-state index in [2.05, 4.69) is 27.0 Å². The fourth-order valence-corrected chi connectivity index (χ4v) is 1.92. The van der Waals surface area contributed by atoms with Crippen LogP contribution in [0.25, 0.3) is 0 Å². The van der Waals surface area contributed by atoms with Gasteiger partial charge in [0.15, 0.2) is 0 Å². The molecule has 1 heterocycles. The second kappa shape index (κ2) is 5.65. The first kappa shape index (κ1) is 12.6. The summed E-state index contributed by atoms with van der Waals surface area (Å²) in [6.45, 7) is 1.91. The Kier molecular flexibility index (Phi) is 3.96. The number of ether oxygens (including phenoxy) is 1. The summed E-state index contributed by atoms with van der Waals surface area (Å²) in [7, 11) is 0. The van der Waals surface area contributed by atoms with Gasteiger partial charge in [0.1, 0.15) is 5.75 Å². The summed E-state index contributed by atoms with van der Waals surface area (Å²) in [5, 5.41) is 8.74. The highest BCUT2D eigenvalue weighted by atomic mass is 79.9. The minimum Gasteiger partial charge on any atom is -0.439 e. The maximum absolute atomic E-state index is 8.74. The van der Waals surface area contributed by atoms with Gasteiger partial charge in [-0.15, -0.1) is 0 Å². The molecule has 0 fully saturated rings. The number of nitrogens with zero attached hydrogens (tertiary/aromatic N) is 2. The number of nitriles is 1. The molecule has 0 bridgehead atoms. The van der Waals surface area contributed by atoms with Crippen molar-refractivity contribution in [2.45, 2.75) is 13.3 Å². The van der Waals surface area contributed by atoms with Crippen molar-refractivity contribution in [2.75, 3.05) is 0 Å². The summed E-state index contributed by atoms with van der Waals surface area (Å²) in [5.41, 5.74) is 1.81. The van der Waals surface area contributed by atoms with E-state index < -0.39 is 0 Å². The van der Waals surface area contributed by atoms with Crippen molar-refractivity contribution in [1.82, 2.24) is 4.98 Å². The lowest BCUT2D eigenvalue weighted by molar-refractivity contribution is 0.461. The summed E-state index contributed by atoms with van der Waals surface area (Å²) in [4.78, 5) is 4.27. The molecule has 2 aromatic rings. The molecular weight excluding hydrogens is 292 g/mol. The highest BCUT2D eigenvalue weighted by Crippen LogP contribution is 2.26. The van der Waals surface area contributed by atoms with Crippen LogP contribution in [0, 0.1) is 18.3 Å². The first-order chi connectivity index (χ1) is 8.69. The van der Waals surface area contributed by atoms with Gasteiger partial charge in [0.2, 0.25) is 5.88 Å². The van der Waals surface area contributed by atoms with E-state index >= 15 is 0 Å². The van der Waals surface area contributed by atoms with Gasteiger partial charge in [-0.25, -0.2) is 4.98 Å². The molecule has 0 saturated heterocycles. The molecule has 18 heavy (non-hydrogen) atoms. The van der Waals surface area contributed by atoms with E-state index in [9.17, 15) is 0 Å². The zero-order valence-corrected chi connectivity index (χ0v) is 11.4. The molecule has 0 N–H and O–H groups in total. The molecule has 0 unspecified atom stereocenters. The number of aryl methyl sites for hydroxylation is 1. The van der Waals surface area contributed by atoms with Gasteiger partial charge >= 0.3 is 0 Å². The summed E-state index contributed by atoms with van der Waals surface area (Å²) in [6.07, 6.45) is 0.346. The van der Waals surface area contributed by atoms with Gasteiger partial charge < -0.3 is 4.74 Å². The first-order valence-electron chi connectivity index (χ1n) is 5.46. The summed E-state index contributed by atoms with van der Waals surface area (Å²) < 4.78 is 6.57. The summed E-state index contributed by atoms with van der Waals surface area (Å²) >= 11 is 3.41. The second-order valence-electron chi connectivity index (χ2n) is 3.81. The van der Waals surface area contributed by atoms with Crippen LogP contribution in [0.4, 0.5) is 0 Å². The molecule has 1 aromatic carbocycles. The number of hydrogen-bond donors (Lipinski definition) is 0. The largest absolute Gasteiger partial charge is 0.439 e. The molecule has 0 radical (unpaired) electrons. The van der Waals surface area contributed by atoms with E-state index in [1.165, 1.54) is 0 Å². The lowest BCUT2D eigenvalue weighted by Gasteiger charge is -2.07. The number of aromatic nitrogens is 1. The Morgan fingerprint density at radius 2 is 2.17 bits per heavy atom. The van der Waals surface area contributed by atoms with Gasteiger partial charge in [0.05, 0.1) is 12.5 Å². The number of pyridine rings is 1. The minimum atomic E-state index is 0.346. The highest BCUT2D eigenvalue weighted by Gasteiger charge is 2.04. The average molecular weight is 303 g/mol. The predicted molar refractivity (Wildman–Crippen MR) is 72.5 cm³/mol. The molecule has 1 aromatic heterocycles. The number of hydrogen-bond acceptors (Lipinski definition) is 3. The van der Waals surface area contributed by atoms with Gasteiger partial charge in [0.25, 0.3) is 0 Å². The summed E-state index contributed by atoms with van der Waals surface area (Å²) in [5.74, 6) is 1.24. The third-order valence-electron chi connectivity index (χ3n) is 2.37. The van der Waals surface area contributed by atoms with Crippen LogP contribution in [0.3, 0.4) is 0 Å². The van der Waals surface area contributed by atoms with Crippen molar-refractivity contribution >= 4 is 15.9 Å². The van der Waals surface area contributed by atoms with Crippen molar-refractivity contribution in [2.24, 2.45) is 0 Å². The van der Waals surface area contributed by atoms with E-state index in [1.54, 1.807) is 6.07 Å². The third kappa shape index (κ3) is 3.08. The normalized spacial score (nSPS) is 9.83. The highest BCUT2D eigenvalue weighted by molar-refractivity contribution is 9.10. The van der Waals surface area contributed by atoms with Crippen molar-refractivity contribution in [3.63, 3.8) is 0 Å². The smallest absolute Gasteiger partial charge is 0.219 e. The molecule has 0 spiro atoms. The zero-order valence-electron chi connectivity index (χ0n) is 9.85. The van der Waals surface area contributed by atoms with Crippen LogP contribution in [0.2, 0.25) is 0 Å². The average Bonchev–Trinajstić information content (AvgIpc) is 2.34. The topological polar surface area (TPSA) is 45.9 Å². The molecule has 0 aliphatic rings. The molecule has 0 aliphatic heterocycles. The molecule has 0 amide bonds. The van der Waals surface area contributed by atoms with Crippen LogP contribution in [0.1, 0.15) is 11.3 Å². The Bertz CT molecular complexity index is 605. The molecule has 0 atom stereocenters. The quantitative estimate of drug-likeness (QED) is 0.860. The monoisotopic (exact) mass is 302 g/mol. The summed E-state index contributed by atoms with van der Waals surface area (Å²) in [6, 6.07) is 13.3.